The molecule has 0 aliphatic rings. The molecule has 1 aromatic carbocycles. The lowest BCUT2D eigenvalue weighted by Crippen LogP contribution is -2.10. The third kappa shape index (κ3) is 2.35. The van der Waals surface area contributed by atoms with Crippen LogP contribution in [0.1, 0.15) is 10.6 Å². The first kappa shape index (κ1) is 10.6. The summed E-state index contributed by atoms with van der Waals surface area (Å²) >= 11 is 5.57. The number of hydrogen-bond donors (Lipinski definition) is 2. The first-order valence-corrected chi connectivity index (χ1v) is 4.95. The number of benzene rings is 1. The highest BCUT2D eigenvalue weighted by Gasteiger charge is 2.10. The highest BCUT2D eigenvalue weighted by molar-refractivity contribution is 6.29. The van der Waals surface area contributed by atoms with Crippen molar-refractivity contribution in [2.75, 3.05) is 11.1 Å². The summed E-state index contributed by atoms with van der Waals surface area (Å²) < 4.78 is 4.97. The Bertz CT molecular complexity index is 522. The molecule has 1 heterocycles. The molecule has 2 rings (SSSR count). The maximum Gasteiger partial charge on any atom is 0.291 e. The van der Waals surface area contributed by atoms with Crippen LogP contribution in [0.2, 0.25) is 5.22 Å². The average molecular weight is 237 g/mol. The van der Waals surface area contributed by atoms with Crippen LogP contribution >= 0.6 is 11.6 Å². The Morgan fingerprint density at radius 2 is 2.12 bits per heavy atom. The molecular formula is C11H9ClN2O2. The fourth-order valence-corrected chi connectivity index (χ4v) is 1.39. The predicted octanol–water partition coefficient (Wildman–Crippen LogP) is 2.77. The highest BCUT2D eigenvalue weighted by atomic mass is 35.5. The molecule has 0 aliphatic heterocycles. The van der Waals surface area contributed by atoms with E-state index in [1.54, 1.807) is 24.3 Å². The van der Waals surface area contributed by atoms with Crippen molar-refractivity contribution in [2.24, 2.45) is 0 Å². The Kier molecular flexibility index (Phi) is 2.83. The number of carbonyl (C=O) groups is 1. The summed E-state index contributed by atoms with van der Waals surface area (Å²) in [7, 11) is 0. The first-order valence-electron chi connectivity index (χ1n) is 4.57. The smallest absolute Gasteiger partial charge is 0.291 e. The summed E-state index contributed by atoms with van der Waals surface area (Å²) in [6.45, 7) is 0. The maximum atomic E-state index is 11.6. The normalized spacial score (nSPS) is 10.1. The zero-order valence-electron chi connectivity index (χ0n) is 8.24. The summed E-state index contributed by atoms with van der Waals surface area (Å²) in [5.74, 6) is -0.204. The molecule has 0 bridgehead atoms. The molecular weight excluding hydrogens is 228 g/mol. The lowest BCUT2D eigenvalue weighted by atomic mass is 10.3. The van der Waals surface area contributed by atoms with Gasteiger partial charge in [-0.2, -0.15) is 0 Å². The highest BCUT2D eigenvalue weighted by Crippen LogP contribution is 2.16. The van der Waals surface area contributed by atoms with Gasteiger partial charge in [0.05, 0.1) is 0 Å². The van der Waals surface area contributed by atoms with E-state index in [1.807, 2.05) is 0 Å². The van der Waals surface area contributed by atoms with E-state index in [0.29, 0.717) is 11.4 Å². The number of hydrogen-bond acceptors (Lipinski definition) is 3. The van der Waals surface area contributed by atoms with Crippen LogP contribution in [0.15, 0.2) is 40.8 Å². The molecule has 5 heteroatoms. The summed E-state index contributed by atoms with van der Waals surface area (Å²) in [4.78, 5) is 11.6. The third-order valence-corrected chi connectivity index (χ3v) is 2.14. The quantitative estimate of drug-likeness (QED) is 0.788. The van der Waals surface area contributed by atoms with E-state index < -0.39 is 0 Å². The molecule has 0 saturated heterocycles. The molecule has 0 atom stereocenters. The molecule has 82 valence electrons. The Morgan fingerprint density at radius 1 is 1.31 bits per heavy atom. The molecule has 0 fully saturated rings. The van der Waals surface area contributed by atoms with E-state index in [0.717, 1.165) is 0 Å². The number of nitrogens with two attached hydrogens (primary N) is 1. The summed E-state index contributed by atoms with van der Waals surface area (Å²) in [5, 5.41) is 2.82. The minimum atomic E-state index is -0.363. The number of furan rings is 1. The van der Waals surface area contributed by atoms with Crippen LogP contribution in [-0.4, -0.2) is 5.91 Å². The van der Waals surface area contributed by atoms with Gasteiger partial charge in [0.15, 0.2) is 11.0 Å². The average Bonchev–Trinajstić information content (AvgIpc) is 2.65. The van der Waals surface area contributed by atoms with E-state index in [9.17, 15) is 4.79 Å². The van der Waals surface area contributed by atoms with E-state index in [-0.39, 0.29) is 16.9 Å². The summed E-state index contributed by atoms with van der Waals surface area (Å²) in [5.41, 5.74) is 6.77. The van der Waals surface area contributed by atoms with Crippen molar-refractivity contribution in [3.05, 3.63) is 47.4 Å². The molecule has 1 amide bonds. The van der Waals surface area contributed by atoms with Gasteiger partial charge in [0.25, 0.3) is 5.91 Å². The van der Waals surface area contributed by atoms with Gasteiger partial charge < -0.3 is 15.5 Å². The molecule has 3 N–H and O–H groups in total. The van der Waals surface area contributed by atoms with Crippen molar-refractivity contribution >= 4 is 28.9 Å². The largest absolute Gasteiger partial charge is 0.440 e. The molecule has 16 heavy (non-hydrogen) atoms. The molecule has 0 unspecified atom stereocenters. The number of carbonyl (C=O) groups excluding carboxylic acids is 1. The number of halogens is 1. The monoisotopic (exact) mass is 236 g/mol. The van der Waals surface area contributed by atoms with Gasteiger partial charge in [-0.3, -0.25) is 4.79 Å². The Morgan fingerprint density at radius 3 is 2.75 bits per heavy atom. The standard InChI is InChI=1S/C11H9ClN2O2/c12-10-5-4-9(16-10)11(15)14-8-3-1-2-7(13)6-8/h1-6H,13H2,(H,14,15). The van der Waals surface area contributed by atoms with Crippen LogP contribution in [0.25, 0.3) is 0 Å². The second-order valence-electron chi connectivity index (χ2n) is 3.18. The van der Waals surface area contributed by atoms with Gasteiger partial charge in [-0.05, 0) is 41.9 Å². The van der Waals surface area contributed by atoms with Crippen molar-refractivity contribution in [3.8, 4) is 0 Å². The van der Waals surface area contributed by atoms with Gasteiger partial charge >= 0.3 is 0 Å². The number of anilines is 2. The molecule has 1 aromatic heterocycles. The lowest BCUT2D eigenvalue weighted by molar-refractivity contribution is 0.0997. The molecule has 0 aliphatic carbocycles. The molecule has 0 spiro atoms. The summed E-state index contributed by atoms with van der Waals surface area (Å²) in [6.07, 6.45) is 0. The maximum absolute atomic E-state index is 11.6. The van der Waals surface area contributed by atoms with Gasteiger partial charge in [0.1, 0.15) is 0 Å². The van der Waals surface area contributed by atoms with E-state index in [1.165, 1.54) is 12.1 Å². The van der Waals surface area contributed by atoms with E-state index in [2.05, 4.69) is 5.32 Å². The molecule has 2 aromatic rings. The van der Waals surface area contributed by atoms with Crippen molar-refractivity contribution in [2.45, 2.75) is 0 Å². The lowest BCUT2D eigenvalue weighted by Gasteiger charge is -2.03. The van der Waals surface area contributed by atoms with Gasteiger partial charge in [-0.1, -0.05) is 6.07 Å². The van der Waals surface area contributed by atoms with Crippen molar-refractivity contribution in [1.82, 2.24) is 0 Å². The van der Waals surface area contributed by atoms with Crippen LogP contribution in [0.4, 0.5) is 11.4 Å². The third-order valence-electron chi connectivity index (χ3n) is 1.94. The minimum Gasteiger partial charge on any atom is -0.440 e. The van der Waals surface area contributed by atoms with Crippen molar-refractivity contribution in [3.63, 3.8) is 0 Å². The van der Waals surface area contributed by atoms with Crippen LogP contribution < -0.4 is 11.1 Å². The minimum absolute atomic E-state index is 0.160. The Labute approximate surface area is 97.0 Å². The molecule has 0 radical (unpaired) electrons. The predicted molar refractivity (Wildman–Crippen MR) is 62.5 cm³/mol. The fraction of sp³-hybridized carbons (Fsp3) is 0. The Hall–Kier alpha value is -1.94. The van der Waals surface area contributed by atoms with Crippen LogP contribution in [0, 0.1) is 0 Å². The topological polar surface area (TPSA) is 68.3 Å². The second kappa shape index (κ2) is 4.28. The van der Waals surface area contributed by atoms with Crippen molar-refractivity contribution < 1.29 is 9.21 Å². The molecule has 0 saturated carbocycles. The number of amides is 1. The van der Waals surface area contributed by atoms with Gasteiger partial charge in [-0.25, -0.2) is 0 Å². The van der Waals surface area contributed by atoms with E-state index in [4.69, 9.17) is 21.8 Å². The second-order valence-corrected chi connectivity index (χ2v) is 3.56. The van der Waals surface area contributed by atoms with Crippen LogP contribution in [0.3, 0.4) is 0 Å². The number of nitrogen functional groups attached to an aromatic ring is 1. The number of nitrogens with one attached hydrogen (secondary N) is 1. The van der Waals surface area contributed by atoms with E-state index >= 15 is 0 Å². The van der Waals surface area contributed by atoms with Crippen LogP contribution in [0.5, 0.6) is 0 Å². The van der Waals surface area contributed by atoms with Gasteiger partial charge in [0, 0.05) is 11.4 Å². The van der Waals surface area contributed by atoms with Crippen LogP contribution in [-0.2, 0) is 0 Å². The number of rotatable bonds is 2. The fourth-order valence-electron chi connectivity index (χ4n) is 1.25. The zero-order valence-corrected chi connectivity index (χ0v) is 8.99. The van der Waals surface area contributed by atoms with Crippen molar-refractivity contribution in [1.29, 1.82) is 0 Å². The summed E-state index contributed by atoms with van der Waals surface area (Å²) in [6, 6.07) is 9.89. The van der Waals surface area contributed by atoms with Gasteiger partial charge in [0.2, 0.25) is 0 Å². The SMILES string of the molecule is Nc1cccc(NC(=O)c2ccc(Cl)o2)c1. The Balaban J connectivity index is 2.13. The zero-order chi connectivity index (χ0) is 11.5. The molecule has 4 nitrogen and oxygen atoms in total. The van der Waals surface area contributed by atoms with Gasteiger partial charge in [-0.15, -0.1) is 0 Å². The first-order chi connectivity index (χ1) is 7.65.